The molecule has 0 aromatic carbocycles. The van der Waals surface area contributed by atoms with E-state index in [2.05, 4.69) is 20.8 Å². The number of hydrogen-bond acceptors (Lipinski definition) is 1. The Morgan fingerprint density at radius 3 is 1.11 bits per heavy atom. The molecule has 0 fully saturated rings. The summed E-state index contributed by atoms with van der Waals surface area (Å²) < 4.78 is 0. The largest absolute Gasteiger partial charge is 0.396 e. The Morgan fingerprint density at radius 2 is 0.833 bits per heavy atom. The highest BCUT2D eigenvalue weighted by Gasteiger charge is 1.91. The SMILES string of the molecule is CC.CCC.CCCCCCCCCCCCO. The lowest BCUT2D eigenvalue weighted by Gasteiger charge is -2.00. The minimum atomic E-state index is 0.372. The number of hydrogen-bond donors (Lipinski definition) is 1. The third-order valence-corrected chi connectivity index (χ3v) is 2.51. The fourth-order valence-corrected chi connectivity index (χ4v) is 1.60. The van der Waals surface area contributed by atoms with E-state index in [-0.39, 0.29) is 0 Å². The Bertz CT molecular complexity index is 81.6. The summed E-state index contributed by atoms with van der Waals surface area (Å²) in [6, 6.07) is 0. The highest BCUT2D eigenvalue weighted by atomic mass is 16.2. The molecular weight excluding hydrogens is 220 g/mol. The zero-order valence-electron chi connectivity index (χ0n) is 13.9. The molecular formula is C17H40O. The van der Waals surface area contributed by atoms with E-state index in [1.165, 1.54) is 64.2 Å². The normalized spacial score (nSPS) is 9.00. The third kappa shape index (κ3) is 36.0. The van der Waals surface area contributed by atoms with Crippen LogP contribution in [0.3, 0.4) is 0 Å². The average Bonchev–Trinajstić information content (AvgIpc) is 2.40. The van der Waals surface area contributed by atoms with E-state index >= 15 is 0 Å². The van der Waals surface area contributed by atoms with E-state index in [0.717, 1.165) is 6.42 Å². The maximum Gasteiger partial charge on any atom is 0.0431 e. The molecule has 114 valence electrons. The van der Waals surface area contributed by atoms with Gasteiger partial charge >= 0.3 is 0 Å². The first-order valence-corrected chi connectivity index (χ1v) is 8.44. The maximum atomic E-state index is 8.57. The van der Waals surface area contributed by atoms with Gasteiger partial charge in [0.25, 0.3) is 0 Å². The van der Waals surface area contributed by atoms with E-state index in [9.17, 15) is 0 Å². The van der Waals surface area contributed by atoms with Crippen molar-refractivity contribution in [3.05, 3.63) is 0 Å². The molecule has 0 aliphatic heterocycles. The van der Waals surface area contributed by atoms with Gasteiger partial charge in [-0.05, 0) is 6.42 Å². The van der Waals surface area contributed by atoms with Crippen molar-refractivity contribution in [2.24, 2.45) is 0 Å². The lowest BCUT2D eigenvalue weighted by atomic mass is 10.1. The van der Waals surface area contributed by atoms with Gasteiger partial charge in [0, 0.05) is 6.61 Å². The second-order valence-corrected chi connectivity index (χ2v) is 4.61. The van der Waals surface area contributed by atoms with Crippen LogP contribution in [0.15, 0.2) is 0 Å². The van der Waals surface area contributed by atoms with Gasteiger partial charge in [0.05, 0.1) is 0 Å². The predicted octanol–water partition coefficient (Wildman–Crippen LogP) is 6.34. The molecule has 0 rings (SSSR count). The molecule has 0 amide bonds. The molecule has 18 heavy (non-hydrogen) atoms. The van der Waals surface area contributed by atoms with Gasteiger partial charge in [0.2, 0.25) is 0 Å². The fourth-order valence-electron chi connectivity index (χ4n) is 1.60. The first-order valence-electron chi connectivity index (χ1n) is 8.44. The van der Waals surface area contributed by atoms with Crippen LogP contribution in [-0.4, -0.2) is 11.7 Å². The summed E-state index contributed by atoms with van der Waals surface area (Å²) in [6.45, 7) is 10.9. The van der Waals surface area contributed by atoms with E-state index in [4.69, 9.17) is 5.11 Å². The fraction of sp³-hybridized carbons (Fsp3) is 1.00. The summed E-state index contributed by atoms with van der Waals surface area (Å²) >= 11 is 0. The summed E-state index contributed by atoms with van der Waals surface area (Å²) in [7, 11) is 0. The molecule has 0 aliphatic carbocycles. The zero-order valence-corrected chi connectivity index (χ0v) is 13.9. The van der Waals surface area contributed by atoms with Crippen LogP contribution in [-0.2, 0) is 0 Å². The third-order valence-electron chi connectivity index (χ3n) is 2.51. The van der Waals surface area contributed by atoms with Gasteiger partial charge < -0.3 is 5.11 Å². The lowest BCUT2D eigenvalue weighted by molar-refractivity contribution is 0.282. The van der Waals surface area contributed by atoms with Gasteiger partial charge in [-0.3, -0.25) is 0 Å². The molecule has 0 saturated carbocycles. The van der Waals surface area contributed by atoms with Crippen LogP contribution in [0, 0.1) is 0 Å². The summed E-state index contributed by atoms with van der Waals surface area (Å²) in [5.41, 5.74) is 0. The van der Waals surface area contributed by atoms with Crippen molar-refractivity contribution in [1.82, 2.24) is 0 Å². The highest BCUT2D eigenvalue weighted by molar-refractivity contribution is 4.46. The minimum Gasteiger partial charge on any atom is -0.396 e. The summed E-state index contributed by atoms with van der Waals surface area (Å²) in [5, 5.41) is 8.57. The average molecular weight is 261 g/mol. The number of unbranched alkanes of at least 4 members (excludes halogenated alkanes) is 9. The maximum absolute atomic E-state index is 8.57. The minimum absolute atomic E-state index is 0.372. The van der Waals surface area contributed by atoms with Crippen molar-refractivity contribution in [2.45, 2.75) is 105 Å². The molecule has 1 heteroatoms. The molecule has 0 aliphatic rings. The number of rotatable bonds is 10. The van der Waals surface area contributed by atoms with Gasteiger partial charge in [-0.15, -0.1) is 0 Å². The van der Waals surface area contributed by atoms with Crippen molar-refractivity contribution in [2.75, 3.05) is 6.61 Å². The number of aliphatic hydroxyl groups excluding tert-OH is 1. The zero-order chi connectivity index (χ0) is 14.5. The Kier molecular flexibility index (Phi) is 38.7. The van der Waals surface area contributed by atoms with Crippen molar-refractivity contribution >= 4 is 0 Å². The van der Waals surface area contributed by atoms with Gasteiger partial charge in [0.15, 0.2) is 0 Å². The molecule has 0 saturated heterocycles. The molecule has 0 atom stereocenters. The molecule has 0 aromatic heterocycles. The van der Waals surface area contributed by atoms with Crippen LogP contribution < -0.4 is 0 Å². The van der Waals surface area contributed by atoms with Crippen LogP contribution in [0.4, 0.5) is 0 Å². The molecule has 0 spiro atoms. The van der Waals surface area contributed by atoms with Crippen LogP contribution in [0.2, 0.25) is 0 Å². The van der Waals surface area contributed by atoms with Crippen LogP contribution in [0.5, 0.6) is 0 Å². The highest BCUT2D eigenvalue weighted by Crippen LogP contribution is 2.09. The molecule has 1 nitrogen and oxygen atoms in total. The van der Waals surface area contributed by atoms with Gasteiger partial charge in [-0.2, -0.15) is 0 Å². The van der Waals surface area contributed by atoms with E-state index < -0.39 is 0 Å². The van der Waals surface area contributed by atoms with Gasteiger partial charge in [0.1, 0.15) is 0 Å². The van der Waals surface area contributed by atoms with Crippen LogP contribution >= 0.6 is 0 Å². The quantitative estimate of drug-likeness (QED) is 0.454. The molecule has 0 unspecified atom stereocenters. The first kappa shape index (κ1) is 23.1. The predicted molar refractivity (Wildman–Crippen MR) is 86.2 cm³/mol. The number of aliphatic hydroxyl groups is 1. The molecule has 1 N–H and O–H groups in total. The Balaban J connectivity index is -0.000000389. The van der Waals surface area contributed by atoms with E-state index in [1.807, 2.05) is 13.8 Å². The van der Waals surface area contributed by atoms with Crippen molar-refractivity contribution in [3.63, 3.8) is 0 Å². The van der Waals surface area contributed by atoms with E-state index in [0.29, 0.717) is 6.61 Å². The van der Waals surface area contributed by atoms with Crippen molar-refractivity contribution in [1.29, 1.82) is 0 Å². The Hall–Kier alpha value is -0.0400. The Morgan fingerprint density at radius 1 is 0.556 bits per heavy atom. The summed E-state index contributed by atoms with van der Waals surface area (Å²) in [4.78, 5) is 0. The standard InChI is InChI=1S/C12H26O.C3H8.C2H6/c1-2-3-4-5-6-7-8-9-10-11-12-13;1-3-2;1-2/h13H,2-12H2,1H3;3H2,1-2H3;1-2H3. The monoisotopic (exact) mass is 260 g/mol. The summed E-state index contributed by atoms with van der Waals surface area (Å²) in [5.74, 6) is 0. The molecule has 0 radical (unpaired) electrons. The molecule has 0 aromatic rings. The topological polar surface area (TPSA) is 20.2 Å². The Labute approximate surface area is 117 Å². The van der Waals surface area contributed by atoms with Crippen molar-refractivity contribution in [3.8, 4) is 0 Å². The smallest absolute Gasteiger partial charge is 0.0431 e. The van der Waals surface area contributed by atoms with Crippen LogP contribution in [0.25, 0.3) is 0 Å². The molecule has 0 heterocycles. The van der Waals surface area contributed by atoms with Gasteiger partial charge in [-0.25, -0.2) is 0 Å². The van der Waals surface area contributed by atoms with Gasteiger partial charge in [-0.1, -0.05) is 98.8 Å². The second-order valence-electron chi connectivity index (χ2n) is 4.61. The van der Waals surface area contributed by atoms with Crippen molar-refractivity contribution < 1.29 is 5.11 Å². The second kappa shape index (κ2) is 30.2. The first-order chi connectivity index (χ1) is 8.83. The molecule has 0 bridgehead atoms. The van der Waals surface area contributed by atoms with Crippen LogP contribution in [0.1, 0.15) is 105 Å². The lowest BCUT2D eigenvalue weighted by Crippen LogP contribution is -1.84. The summed E-state index contributed by atoms with van der Waals surface area (Å²) in [6.07, 6.45) is 14.6. The van der Waals surface area contributed by atoms with E-state index in [1.54, 1.807) is 0 Å².